The van der Waals surface area contributed by atoms with Crippen molar-refractivity contribution in [3.05, 3.63) is 46.2 Å². The predicted octanol–water partition coefficient (Wildman–Crippen LogP) is 2.63. The van der Waals surface area contributed by atoms with Gasteiger partial charge in [0.1, 0.15) is 6.10 Å². The van der Waals surface area contributed by atoms with Crippen molar-refractivity contribution in [2.75, 3.05) is 30.4 Å². The molecule has 2 aromatic rings. The number of hydrogen-bond donors (Lipinski definition) is 2. The molecule has 28 heavy (non-hydrogen) atoms. The molecule has 8 heteroatoms. The second-order valence-corrected chi connectivity index (χ2v) is 7.86. The van der Waals surface area contributed by atoms with E-state index in [-0.39, 0.29) is 18.6 Å². The molecular formula is C20H23N3O4S. The molecule has 0 spiro atoms. The lowest BCUT2D eigenvalue weighted by Crippen LogP contribution is -2.37. The number of anilines is 2. The zero-order chi connectivity index (χ0) is 20.1. The molecule has 0 radical (unpaired) electrons. The summed E-state index contributed by atoms with van der Waals surface area (Å²) in [5, 5.41) is 5.18. The van der Waals surface area contributed by atoms with Gasteiger partial charge in [-0.1, -0.05) is 6.07 Å². The first kappa shape index (κ1) is 20.0. The zero-order valence-electron chi connectivity index (χ0n) is 15.9. The summed E-state index contributed by atoms with van der Waals surface area (Å²) in [4.78, 5) is 40.1. The van der Waals surface area contributed by atoms with Gasteiger partial charge in [0.05, 0.1) is 0 Å². The fourth-order valence-electron chi connectivity index (χ4n) is 3.05. The van der Waals surface area contributed by atoms with Crippen molar-refractivity contribution >= 4 is 40.4 Å². The van der Waals surface area contributed by atoms with Crippen LogP contribution in [0.5, 0.6) is 0 Å². The first-order valence-corrected chi connectivity index (χ1v) is 9.88. The van der Waals surface area contributed by atoms with E-state index >= 15 is 0 Å². The first-order chi connectivity index (χ1) is 13.5. The Balaban J connectivity index is 1.57. The van der Waals surface area contributed by atoms with Gasteiger partial charge in [-0.3, -0.25) is 14.4 Å². The Bertz CT molecular complexity index is 880. The molecule has 3 rings (SSSR count). The molecule has 1 aliphatic heterocycles. The molecule has 2 N–H and O–H groups in total. The number of carbonyl (C=O) groups is 3. The Morgan fingerprint density at radius 3 is 2.71 bits per heavy atom. The number of hydrogen-bond acceptors (Lipinski definition) is 5. The number of rotatable bonds is 6. The summed E-state index contributed by atoms with van der Waals surface area (Å²) in [7, 11) is 1.57. The van der Waals surface area contributed by atoms with E-state index in [9.17, 15) is 14.4 Å². The number of ether oxygens (including phenoxy) is 1. The molecule has 0 aliphatic carbocycles. The summed E-state index contributed by atoms with van der Waals surface area (Å²) < 4.78 is 5.41. The summed E-state index contributed by atoms with van der Waals surface area (Å²) in [6.45, 7) is 2.86. The number of methoxy groups -OCH3 is 1. The molecule has 1 atom stereocenters. The van der Waals surface area contributed by atoms with Gasteiger partial charge in [-0.05, 0) is 43.7 Å². The Hall–Kier alpha value is -2.71. The van der Waals surface area contributed by atoms with Crippen LogP contribution in [0, 0.1) is 6.92 Å². The lowest BCUT2D eigenvalue weighted by molar-refractivity contribution is -0.136. The third kappa shape index (κ3) is 4.76. The van der Waals surface area contributed by atoms with E-state index in [2.05, 4.69) is 10.6 Å². The highest BCUT2D eigenvalue weighted by atomic mass is 32.1. The number of nitrogens with one attached hydrogen (secondary N) is 2. The van der Waals surface area contributed by atoms with Crippen LogP contribution in [0.2, 0.25) is 0 Å². The molecule has 1 fully saturated rings. The molecule has 148 valence electrons. The third-order valence-corrected chi connectivity index (χ3v) is 5.60. The Kier molecular flexibility index (Phi) is 6.43. The summed E-state index contributed by atoms with van der Waals surface area (Å²) in [6.07, 6.45) is 1.05. The van der Waals surface area contributed by atoms with Crippen molar-refractivity contribution in [2.45, 2.75) is 25.9 Å². The first-order valence-electron chi connectivity index (χ1n) is 9.06. The molecule has 2 heterocycles. The molecule has 1 aromatic heterocycles. The van der Waals surface area contributed by atoms with Gasteiger partial charge < -0.3 is 20.3 Å². The second-order valence-electron chi connectivity index (χ2n) is 6.54. The van der Waals surface area contributed by atoms with Gasteiger partial charge in [0.2, 0.25) is 5.91 Å². The summed E-state index contributed by atoms with van der Waals surface area (Å²) in [5.74, 6) is -1.43. The Morgan fingerprint density at radius 1 is 1.25 bits per heavy atom. The van der Waals surface area contributed by atoms with Crippen molar-refractivity contribution < 1.29 is 19.1 Å². The van der Waals surface area contributed by atoms with E-state index in [1.165, 1.54) is 0 Å². The van der Waals surface area contributed by atoms with Crippen LogP contribution in [0.15, 0.2) is 36.4 Å². The third-order valence-electron chi connectivity index (χ3n) is 4.51. The highest BCUT2D eigenvalue weighted by Gasteiger charge is 2.22. The molecule has 1 saturated heterocycles. The summed E-state index contributed by atoms with van der Waals surface area (Å²) >= 11 is 1.59. The maximum atomic E-state index is 12.2. The molecule has 0 saturated carbocycles. The number of benzene rings is 1. The van der Waals surface area contributed by atoms with Gasteiger partial charge in [-0.2, -0.15) is 0 Å². The molecule has 7 nitrogen and oxygen atoms in total. The molecular weight excluding hydrogens is 378 g/mol. The minimum atomic E-state index is -0.762. The standard InChI is InChI=1S/C20H23N3O4S/c1-13-8-9-17(28-13)16(27-2)12-21-19(25)20(26)22-14-5-3-6-15(11-14)23-10-4-7-18(23)24/h3,5-6,8-9,11,16H,4,7,10,12H2,1-2H3,(H,21,25)(H,22,26). The van der Waals surface area contributed by atoms with Crippen LogP contribution in [0.1, 0.15) is 28.7 Å². The van der Waals surface area contributed by atoms with Crippen molar-refractivity contribution in [3.63, 3.8) is 0 Å². The minimum Gasteiger partial charge on any atom is -0.374 e. The maximum absolute atomic E-state index is 12.2. The monoisotopic (exact) mass is 401 g/mol. The largest absolute Gasteiger partial charge is 0.374 e. The van der Waals surface area contributed by atoms with Crippen LogP contribution in [-0.4, -0.2) is 37.9 Å². The smallest absolute Gasteiger partial charge is 0.313 e. The van der Waals surface area contributed by atoms with Crippen LogP contribution in [0.25, 0.3) is 0 Å². The highest BCUT2D eigenvalue weighted by molar-refractivity contribution is 7.12. The van der Waals surface area contributed by atoms with Crippen LogP contribution in [-0.2, 0) is 19.1 Å². The summed E-state index contributed by atoms with van der Waals surface area (Å²) in [5.41, 5.74) is 1.18. The van der Waals surface area contributed by atoms with Crippen molar-refractivity contribution in [1.29, 1.82) is 0 Å². The van der Waals surface area contributed by atoms with E-state index in [1.807, 2.05) is 25.1 Å². The Morgan fingerprint density at radius 2 is 2.07 bits per heavy atom. The SMILES string of the molecule is COC(CNC(=O)C(=O)Nc1cccc(N2CCCC2=O)c1)c1ccc(C)s1. The highest BCUT2D eigenvalue weighted by Crippen LogP contribution is 2.25. The van der Waals surface area contributed by atoms with E-state index in [4.69, 9.17) is 4.74 Å². The number of thiophene rings is 1. The lowest BCUT2D eigenvalue weighted by Gasteiger charge is -2.17. The second kappa shape index (κ2) is 8.99. The molecule has 1 unspecified atom stereocenters. The van der Waals surface area contributed by atoms with Gasteiger partial charge in [0.15, 0.2) is 0 Å². The van der Waals surface area contributed by atoms with Crippen LogP contribution in [0.4, 0.5) is 11.4 Å². The van der Waals surface area contributed by atoms with Gasteiger partial charge in [-0.25, -0.2) is 0 Å². The van der Waals surface area contributed by atoms with Crippen molar-refractivity contribution in [3.8, 4) is 0 Å². The van der Waals surface area contributed by atoms with Gasteiger partial charge >= 0.3 is 11.8 Å². The Labute approximate surface area is 167 Å². The van der Waals surface area contributed by atoms with Gasteiger partial charge in [0.25, 0.3) is 0 Å². The van der Waals surface area contributed by atoms with Crippen molar-refractivity contribution in [2.24, 2.45) is 0 Å². The number of amides is 3. The van der Waals surface area contributed by atoms with E-state index in [1.54, 1.807) is 41.5 Å². The maximum Gasteiger partial charge on any atom is 0.313 e. The van der Waals surface area contributed by atoms with Crippen LogP contribution in [0.3, 0.4) is 0 Å². The number of carbonyl (C=O) groups excluding carboxylic acids is 3. The van der Waals surface area contributed by atoms with Crippen LogP contribution < -0.4 is 15.5 Å². The number of nitrogens with zero attached hydrogens (tertiary/aromatic N) is 1. The quantitative estimate of drug-likeness (QED) is 0.729. The molecule has 3 amide bonds. The van der Waals surface area contributed by atoms with Crippen molar-refractivity contribution in [1.82, 2.24) is 5.32 Å². The average Bonchev–Trinajstić information content (AvgIpc) is 3.30. The van der Waals surface area contributed by atoms with Crippen LogP contribution >= 0.6 is 11.3 Å². The van der Waals surface area contributed by atoms with E-state index < -0.39 is 11.8 Å². The minimum absolute atomic E-state index is 0.0654. The topological polar surface area (TPSA) is 87.7 Å². The fourth-order valence-corrected chi connectivity index (χ4v) is 4.01. The molecule has 1 aliphatic rings. The summed E-state index contributed by atoms with van der Waals surface area (Å²) in [6, 6.07) is 10.9. The van der Waals surface area contributed by atoms with E-state index in [0.29, 0.717) is 24.3 Å². The number of aryl methyl sites for hydroxylation is 1. The van der Waals surface area contributed by atoms with E-state index in [0.717, 1.165) is 16.2 Å². The normalized spacial score (nSPS) is 14.8. The lowest BCUT2D eigenvalue weighted by atomic mass is 10.2. The molecule has 0 bridgehead atoms. The predicted molar refractivity (Wildman–Crippen MR) is 108 cm³/mol. The fraction of sp³-hybridized carbons (Fsp3) is 0.350. The van der Waals surface area contributed by atoms with Gasteiger partial charge in [0, 0.05) is 47.7 Å². The zero-order valence-corrected chi connectivity index (χ0v) is 16.7. The molecule has 1 aromatic carbocycles. The van der Waals surface area contributed by atoms with Gasteiger partial charge in [-0.15, -0.1) is 11.3 Å². The average molecular weight is 401 g/mol.